The third kappa shape index (κ3) is 6.75. The Morgan fingerprint density at radius 3 is 2.69 bits per heavy atom. The Morgan fingerprint density at radius 1 is 1.31 bits per heavy atom. The topological polar surface area (TPSA) is 134 Å². The minimum Gasteiger partial charge on any atom is -0.474 e. The van der Waals surface area contributed by atoms with Crippen LogP contribution in [-0.4, -0.2) is 66.4 Å². The van der Waals surface area contributed by atoms with Crippen molar-refractivity contribution in [3.8, 4) is 5.88 Å². The van der Waals surface area contributed by atoms with Crippen LogP contribution in [0.4, 0.5) is 5.69 Å². The second-order valence-corrected chi connectivity index (χ2v) is 9.03. The number of nitrogens with one attached hydrogen (secondary N) is 2. The summed E-state index contributed by atoms with van der Waals surface area (Å²) in [5.41, 5.74) is 14.2. The fourth-order valence-corrected chi connectivity index (χ4v) is 4.78. The van der Waals surface area contributed by atoms with E-state index in [2.05, 4.69) is 28.4 Å². The van der Waals surface area contributed by atoms with Crippen molar-refractivity contribution in [3.63, 3.8) is 0 Å². The maximum absolute atomic E-state index is 12.1. The van der Waals surface area contributed by atoms with E-state index in [0.717, 1.165) is 51.0 Å². The number of carbonyl (C=O) groups excluding carboxylic acids is 1. The standard InChI is InChI=1S/C27H39N7O2/c1-4-22(25(35)5-2)23(28)17-24(27(29)30)33(6-3)18-20-8-7-15-34(20)19-9-14-32-26(16-19)36-21-10-12-31-13-11-21/h4-5,9,14,16-17,20-21,31H,1-2,6-8,10-13,15,18,28H2,3H3,(H3,29,30)/b23-22-,24-17+. The number of hydrogen-bond acceptors (Lipinski definition) is 8. The zero-order valence-corrected chi connectivity index (χ0v) is 21.2. The van der Waals surface area contributed by atoms with Gasteiger partial charge in [0.15, 0.2) is 5.78 Å². The predicted octanol–water partition coefficient (Wildman–Crippen LogP) is 2.48. The lowest BCUT2D eigenvalue weighted by Gasteiger charge is -2.34. The van der Waals surface area contributed by atoms with Gasteiger partial charge in [-0.3, -0.25) is 10.2 Å². The van der Waals surface area contributed by atoms with Crippen LogP contribution in [0.3, 0.4) is 0 Å². The van der Waals surface area contributed by atoms with E-state index in [9.17, 15) is 4.79 Å². The van der Waals surface area contributed by atoms with Gasteiger partial charge in [-0.25, -0.2) is 4.98 Å². The van der Waals surface area contributed by atoms with Crippen molar-refractivity contribution in [2.75, 3.05) is 37.6 Å². The normalized spacial score (nSPS) is 19.4. The molecule has 0 bridgehead atoms. The number of pyridine rings is 1. The molecule has 36 heavy (non-hydrogen) atoms. The molecule has 9 nitrogen and oxygen atoms in total. The summed E-state index contributed by atoms with van der Waals surface area (Å²) in [6.07, 6.45) is 10.2. The molecule has 1 aromatic heterocycles. The van der Waals surface area contributed by atoms with Crippen LogP contribution in [0.5, 0.6) is 5.88 Å². The quantitative estimate of drug-likeness (QED) is 0.151. The van der Waals surface area contributed by atoms with Gasteiger partial charge in [-0.15, -0.1) is 0 Å². The fourth-order valence-electron chi connectivity index (χ4n) is 4.78. The Bertz CT molecular complexity index is 1030. The van der Waals surface area contributed by atoms with Gasteiger partial charge < -0.3 is 31.3 Å². The van der Waals surface area contributed by atoms with E-state index in [1.807, 2.05) is 24.0 Å². The highest BCUT2D eigenvalue weighted by Gasteiger charge is 2.28. The smallest absolute Gasteiger partial charge is 0.215 e. The highest BCUT2D eigenvalue weighted by Crippen LogP contribution is 2.29. The van der Waals surface area contributed by atoms with Crippen molar-refractivity contribution < 1.29 is 9.53 Å². The summed E-state index contributed by atoms with van der Waals surface area (Å²) in [7, 11) is 0. The van der Waals surface area contributed by atoms with E-state index >= 15 is 0 Å². The molecule has 1 atom stereocenters. The SMILES string of the molecule is C=CC(=O)/C(C=C)=C(N)/C=C(\C(=N)N)N(CC)CC1CCCN1c1ccnc(OC2CCNCC2)c1. The van der Waals surface area contributed by atoms with Gasteiger partial charge in [0, 0.05) is 54.9 Å². The monoisotopic (exact) mass is 493 g/mol. The summed E-state index contributed by atoms with van der Waals surface area (Å²) in [5.74, 6) is 0.218. The minimum atomic E-state index is -0.327. The third-order valence-corrected chi connectivity index (χ3v) is 6.69. The van der Waals surface area contributed by atoms with E-state index in [-0.39, 0.29) is 35.0 Å². The van der Waals surface area contributed by atoms with Crippen molar-refractivity contribution in [1.29, 1.82) is 5.41 Å². The van der Waals surface area contributed by atoms with Crippen LogP contribution in [0.2, 0.25) is 0 Å². The number of piperidine rings is 1. The molecule has 0 radical (unpaired) electrons. The number of ketones is 1. The van der Waals surface area contributed by atoms with Gasteiger partial charge >= 0.3 is 0 Å². The van der Waals surface area contributed by atoms with Crippen LogP contribution in [0.1, 0.15) is 32.6 Å². The summed E-state index contributed by atoms with van der Waals surface area (Å²) in [5, 5.41) is 11.5. The molecular weight excluding hydrogens is 454 g/mol. The zero-order chi connectivity index (χ0) is 26.1. The van der Waals surface area contributed by atoms with Gasteiger partial charge in [-0.2, -0.15) is 0 Å². The molecule has 0 aromatic carbocycles. The molecule has 1 unspecified atom stereocenters. The largest absolute Gasteiger partial charge is 0.474 e. The van der Waals surface area contributed by atoms with Crippen LogP contribution in [0.15, 0.2) is 66.7 Å². The molecule has 0 aliphatic carbocycles. The predicted molar refractivity (Wildman–Crippen MR) is 145 cm³/mol. The molecule has 0 amide bonds. The molecule has 1 aromatic rings. The lowest BCUT2D eigenvalue weighted by Crippen LogP contribution is -2.42. The molecule has 2 aliphatic rings. The third-order valence-electron chi connectivity index (χ3n) is 6.69. The number of likely N-dealkylation sites (N-methyl/N-ethyl adjacent to an activating group) is 1. The number of nitrogens with two attached hydrogens (primary N) is 2. The van der Waals surface area contributed by atoms with Gasteiger partial charge in [0.2, 0.25) is 5.88 Å². The summed E-state index contributed by atoms with van der Waals surface area (Å²) in [6, 6.07) is 4.25. The lowest BCUT2D eigenvalue weighted by molar-refractivity contribution is -0.111. The zero-order valence-electron chi connectivity index (χ0n) is 21.2. The first-order valence-electron chi connectivity index (χ1n) is 12.6. The van der Waals surface area contributed by atoms with Crippen molar-refractivity contribution in [2.24, 2.45) is 11.5 Å². The Labute approximate surface area is 214 Å². The Hall–Kier alpha value is -3.59. The molecule has 0 saturated carbocycles. The number of rotatable bonds is 12. The van der Waals surface area contributed by atoms with Crippen molar-refractivity contribution >= 4 is 17.3 Å². The van der Waals surface area contributed by atoms with Crippen LogP contribution in [0, 0.1) is 5.41 Å². The molecule has 9 heteroatoms. The second kappa shape index (κ2) is 12.9. The first-order chi connectivity index (χ1) is 17.4. The lowest BCUT2D eigenvalue weighted by atomic mass is 10.1. The summed E-state index contributed by atoms with van der Waals surface area (Å²) < 4.78 is 6.16. The number of hydrogen-bond donors (Lipinski definition) is 4. The number of nitrogens with zero attached hydrogens (tertiary/aromatic N) is 3. The first kappa shape index (κ1) is 27.0. The number of allylic oxidation sites excluding steroid dienone is 4. The molecule has 2 fully saturated rings. The maximum atomic E-state index is 12.1. The Morgan fingerprint density at radius 2 is 2.06 bits per heavy atom. The number of carbonyl (C=O) groups is 1. The van der Waals surface area contributed by atoms with Gasteiger partial charge in [0.05, 0.1) is 5.70 Å². The van der Waals surface area contributed by atoms with Crippen molar-refractivity contribution in [1.82, 2.24) is 15.2 Å². The maximum Gasteiger partial charge on any atom is 0.215 e. The van der Waals surface area contributed by atoms with E-state index in [1.54, 1.807) is 12.3 Å². The van der Waals surface area contributed by atoms with Gasteiger partial charge in [0.1, 0.15) is 11.9 Å². The van der Waals surface area contributed by atoms with E-state index in [0.29, 0.717) is 24.7 Å². The minimum absolute atomic E-state index is 0.111. The van der Waals surface area contributed by atoms with Crippen LogP contribution in [0.25, 0.3) is 0 Å². The van der Waals surface area contributed by atoms with Gasteiger partial charge in [0.25, 0.3) is 0 Å². The second-order valence-electron chi connectivity index (χ2n) is 9.03. The molecule has 2 saturated heterocycles. The highest BCUT2D eigenvalue weighted by molar-refractivity contribution is 6.06. The molecule has 6 N–H and O–H groups in total. The van der Waals surface area contributed by atoms with Crippen molar-refractivity contribution in [2.45, 2.75) is 44.8 Å². The number of anilines is 1. The fraction of sp³-hybridized carbons (Fsp3) is 0.444. The van der Waals surface area contributed by atoms with Gasteiger partial charge in [-0.05, 0) is 63.9 Å². The van der Waals surface area contributed by atoms with E-state index < -0.39 is 0 Å². The van der Waals surface area contributed by atoms with Gasteiger partial charge in [-0.1, -0.05) is 19.2 Å². The Balaban J connectivity index is 1.80. The van der Waals surface area contributed by atoms with E-state index in [1.165, 1.54) is 12.2 Å². The van der Waals surface area contributed by atoms with E-state index in [4.69, 9.17) is 21.6 Å². The van der Waals surface area contributed by atoms with Crippen molar-refractivity contribution in [3.05, 3.63) is 66.7 Å². The number of amidine groups is 1. The molecule has 0 spiro atoms. The highest BCUT2D eigenvalue weighted by atomic mass is 16.5. The average Bonchev–Trinajstić information content (AvgIpc) is 3.35. The summed E-state index contributed by atoms with van der Waals surface area (Å²) in [6.45, 7) is 13.3. The van der Waals surface area contributed by atoms with Crippen LogP contribution < -0.4 is 26.4 Å². The molecule has 3 rings (SSSR count). The van der Waals surface area contributed by atoms with Crippen LogP contribution >= 0.6 is 0 Å². The van der Waals surface area contributed by atoms with Crippen LogP contribution in [-0.2, 0) is 4.79 Å². The number of ether oxygens (including phenoxy) is 1. The Kier molecular flexibility index (Phi) is 9.69. The first-order valence-corrected chi connectivity index (χ1v) is 12.6. The molecule has 2 aliphatic heterocycles. The summed E-state index contributed by atoms with van der Waals surface area (Å²) in [4.78, 5) is 21.0. The molecule has 3 heterocycles. The molecule has 194 valence electrons. The molecular formula is C27H39N7O2. The number of aromatic nitrogens is 1. The summed E-state index contributed by atoms with van der Waals surface area (Å²) >= 11 is 0. The average molecular weight is 494 g/mol.